The number of halogens is 1. The first-order chi connectivity index (χ1) is 15.6. The van der Waals surface area contributed by atoms with Gasteiger partial charge in [0.25, 0.3) is 5.91 Å². The number of para-hydroxylation sites is 2. The molecular formula is C24H24FN3O4. The molecule has 3 aromatic rings. The van der Waals surface area contributed by atoms with E-state index in [1.165, 1.54) is 13.2 Å². The van der Waals surface area contributed by atoms with Crippen molar-refractivity contribution in [3.05, 3.63) is 64.2 Å². The van der Waals surface area contributed by atoms with Crippen molar-refractivity contribution < 1.29 is 18.7 Å². The molecule has 8 heteroatoms. The summed E-state index contributed by atoms with van der Waals surface area (Å²) in [6.45, 7) is 2.26. The standard InChI is InChI=1S/C24H24FN3O4/c1-31-22-5-3-2-4-19(22)26-24(30)17-14-28(15-6-7-15)20-13-21(27-8-10-32-11-9-27)18(25)12-16(20)23(17)29/h2-5,12-15H,6-11H2,1H3,(H,26,30). The number of hydrogen-bond acceptors (Lipinski definition) is 5. The predicted octanol–water partition coefficient (Wildman–Crippen LogP) is 3.57. The van der Waals surface area contributed by atoms with E-state index in [-0.39, 0.29) is 17.0 Å². The number of carbonyl (C=O) groups is 1. The highest BCUT2D eigenvalue weighted by Crippen LogP contribution is 2.38. The van der Waals surface area contributed by atoms with Crippen LogP contribution in [0.15, 0.2) is 47.4 Å². The minimum Gasteiger partial charge on any atom is -0.495 e. The quantitative estimate of drug-likeness (QED) is 0.661. The predicted molar refractivity (Wildman–Crippen MR) is 120 cm³/mol. The van der Waals surface area contributed by atoms with Gasteiger partial charge in [0.15, 0.2) is 0 Å². The molecule has 1 aliphatic heterocycles. The maximum Gasteiger partial charge on any atom is 0.261 e. The molecule has 5 rings (SSSR count). The molecule has 0 radical (unpaired) electrons. The first-order valence-electron chi connectivity index (χ1n) is 10.7. The van der Waals surface area contributed by atoms with E-state index in [1.807, 2.05) is 9.47 Å². The van der Waals surface area contributed by atoms with Crippen molar-refractivity contribution in [2.45, 2.75) is 18.9 Å². The molecule has 2 heterocycles. The van der Waals surface area contributed by atoms with Gasteiger partial charge in [-0.3, -0.25) is 9.59 Å². The minimum absolute atomic E-state index is 0.0196. The van der Waals surface area contributed by atoms with Gasteiger partial charge < -0.3 is 24.3 Å². The summed E-state index contributed by atoms with van der Waals surface area (Å²) in [4.78, 5) is 28.2. The summed E-state index contributed by atoms with van der Waals surface area (Å²) in [5, 5.41) is 2.96. The van der Waals surface area contributed by atoms with Crippen LogP contribution in [0.2, 0.25) is 0 Å². The first-order valence-corrected chi connectivity index (χ1v) is 10.7. The van der Waals surface area contributed by atoms with E-state index in [2.05, 4.69) is 5.32 Å². The van der Waals surface area contributed by atoms with Crippen LogP contribution in [0.5, 0.6) is 5.75 Å². The molecule has 0 atom stereocenters. The summed E-state index contributed by atoms with van der Waals surface area (Å²) in [7, 11) is 1.51. The second-order valence-corrected chi connectivity index (χ2v) is 8.08. The Kier molecular flexibility index (Phi) is 5.30. The van der Waals surface area contributed by atoms with Gasteiger partial charge in [0, 0.05) is 30.7 Å². The second kappa shape index (κ2) is 8.27. The average Bonchev–Trinajstić information content (AvgIpc) is 3.65. The third-order valence-corrected chi connectivity index (χ3v) is 5.99. The number of benzene rings is 2. The number of methoxy groups -OCH3 is 1. The maximum absolute atomic E-state index is 15.1. The van der Waals surface area contributed by atoms with Crippen LogP contribution in [0, 0.1) is 5.82 Å². The lowest BCUT2D eigenvalue weighted by molar-refractivity contribution is 0.102. The monoisotopic (exact) mass is 437 g/mol. The molecule has 0 bridgehead atoms. The van der Waals surface area contributed by atoms with Gasteiger partial charge in [-0.15, -0.1) is 0 Å². The maximum atomic E-state index is 15.1. The molecule has 1 saturated carbocycles. The normalized spacial score (nSPS) is 16.2. The van der Waals surface area contributed by atoms with Crippen molar-refractivity contribution in [1.82, 2.24) is 4.57 Å². The van der Waals surface area contributed by atoms with Crippen molar-refractivity contribution in [1.29, 1.82) is 0 Å². The molecule has 7 nitrogen and oxygen atoms in total. The molecule has 0 unspecified atom stereocenters. The SMILES string of the molecule is COc1ccccc1NC(=O)c1cn(C2CC2)c2cc(N3CCOCC3)c(F)cc2c1=O. The summed E-state index contributed by atoms with van der Waals surface area (Å²) in [5.74, 6) is -0.528. The number of pyridine rings is 1. The molecule has 1 N–H and O–H groups in total. The Morgan fingerprint density at radius 3 is 2.66 bits per heavy atom. The Hall–Kier alpha value is -3.39. The highest BCUT2D eigenvalue weighted by molar-refractivity contribution is 6.06. The fourth-order valence-electron chi connectivity index (χ4n) is 4.16. The molecule has 32 heavy (non-hydrogen) atoms. The molecule has 2 aliphatic rings. The van der Waals surface area contributed by atoms with Crippen LogP contribution in [0.25, 0.3) is 10.9 Å². The summed E-state index contributed by atoms with van der Waals surface area (Å²) in [6, 6.07) is 10.2. The summed E-state index contributed by atoms with van der Waals surface area (Å²) in [5.41, 5.74) is 1.06. The van der Waals surface area contributed by atoms with Gasteiger partial charge >= 0.3 is 0 Å². The van der Waals surface area contributed by atoms with Crippen molar-refractivity contribution in [2.24, 2.45) is 0 Å². The number of hydrogen-bond donors (Lipinski definition) is 1. The minimum atomic E-state index is -0.548. The van der Waals surface area contributed by atoms with Crippen molar-refractivity contribution in [3.8, 4) is 5.75 Å². The summed E-state index contributed by atoms with van der Waals surface area (Å²) < 4.78 is 27.7. The Labute approximate surface area is 184 Å². The molecule has 1 aliphatic carbocycles. The average molecular weight is 437 g/mol. The van der Waals surface area contributed by atoms with E-state index >= 15 is 4.39 Å². The zero-order chi connectivity index (χ0) is 22.2. The molecule has 0 spiro atoms. The van der Waals surface area contributed by atoms with Gasteiger partial charge in [0.2, 0.25) is 5.43 Å². The number of carbonyl (C=O) groups excluding carboxylic acids is 1. The zero-order valence-corrected chi connectivity index (χ0v) is 17.8. The lowest BCUT2D eigenvalue weighted by atomic mass is 10.1. The van der Waals surface area contributed by atoms with Gasteiger partial charge in [-0.2, -0.15) is 0 Å². The number of aromatic nitrogens is 1. The second-order valence-electron chi connectivity index (χ2n) is 8.08. The van der Waals surface area contributed by atoms with Crippen LogP contribution in [-0.2, 0) is 4.74 Å². The highest BCUT2D eigenvalue weighted by Gasteiger charge is 2.28. The Morgan fingerprint density at radius 1 is 1.19 bits per heavy atom. The Balaban J connectivity index is 1.59. The Bertz CT molecular complexity index is 1250. The van der Waals surface area contributed by atoms with E-state index in [4.69, 9.17) is 9.47 Å². The lowest BCUT2D eigenvalue weighted by Crippen LogP contribution is -2.36. The van der Waals surface area contributed by atoms with E-state index in [1.54, 1.807) is 36.5 Å². The Morgan fingerprint density at radius 2 is 1.94 bits per heavy atom. The number of amides is 1. The molecule has 2 fully saturated rings. The van der Waals surface area contributed by atoms with E-state index in [0.717, 1.165) is 12.8 Å². The summed E-state index contributed by atoms with van der Waals surface area (Å²) in [6.07, 6.45) is 3.51. The third-order valence-electron chi connectivity index (χ3n) is 5.99. The molecule has 1 saturated heterocycles. The van der Waals surface area contributed by atoms with Crippen LogP contribution in [-0.4, -0.2) is 43.9 Å². The molecule has 2 aromatic carbocycles. The third kappa shape index (κ3) is 3.71. The van der Waals surface area contributed by atoms with Crippen LogP contribution in [0.3, 0.4) is 0 Å². The van der Waals surface area contributed by atoms with Crippen molar-refractivity contribution in [3.63, 3.8) is 0 Å². The number of fused-ring (bicyclic) bond motifs is 1. The molecule has 166 valence electrons. The van der Waals surface area contributed by atoms with Gasteiger partial charge in [0.1, 0.15) is 17.1 Å². The number of anilines is 2. The van der Waals surface area contributed by atoms with Gasteiger partial charge in [0.05, 0.1) is 37.2 Å². The number of morpholine rings is 1. The molecule has 1 aromatic heterocycles. The number of nitrogens with zero attached hydrogens (tertiary/aromatic N) is 2. The molecular weight excluding hydrogens is 413 g/mol. The van der Waals surface area contributed by atoms with Crippen molar-refractivity contribution in [2.75, 3.05) is 43.6 Å². The zero-order valence-electron chi connectivity index (χ0n) is 17.8. The molecule has 1 amide bonds. The number of ether oxygens (including phenoxy) is 2. The fraction of sp³-hybridized carbons (Fsp3) is 0.333. The van der Waals surface area contributed by atoms with Gasteiger partial charge in [-0.05, 0) is 37.1 Å². The largest absolute Gasteiger partial charge is 0.495 e. The summed E-state index contributed by atoms with van der Waals surface area (Å²) >= 11 is 0. The van der Waals surface area contributed by atoms with Gasteiger partial charge in [-0.25, -0.2) is 4.39 Å². The smallest absolute Gasteiger partial charge is 0.261 e. The van der Waals surface area contributed by atoms with E-state index in [9.17, 15) is 9.59 Å². The van der Waals surface area contributed by atoms with E-state index in [0.29, 0.717) is 48.9 Å². The lowest BCUT2D eigenvalue weighted by Gasteiger charge is -2.29. The highest BCUT2D eigenvalue weighted by atomic mass is 19.1. The van der Waals surface area contributed by atoms with Crippen LogP contribution < -0.4 is 20.4 Å². The van der Waals surface area contributed by atoms with Crippen molar-refractivity contribution >= 4 is 28.2 Å². The van der Waals surface area contributed by atoms with E-state index < -0.39 is 17.2 Å². The van der Waals surface area contributed by atoms with Gasteiger partial charge in [-0.1, -0.05) is 12.1 Å². The van der Waals surface area contributed by atoms with Crippen LogP contribution >= 0.6 is 0 Å². The number of nitrogens with one attached hydrogen (secondary N) is 1. The van der Waals surface area contributed by atoms with Crippen LogP contribution in [0.4, 0.5) is 15.8 Å². The topological polar surface area (TPSA) is 72.8 Å². The fourth-order valence-corrected chi connectivity index (χ4v) is 4.16. The van der Waals surface area contributed by atoms with Crippen LogP contribution in [0.1, 0.15) is 29.2 Å². The number of rotatable bonds is 5. The first kappa shape index (κ1) is 20.5.